The molecule has 0 radical (unpaired) electrons. The van der Waals surface area contributed by atoms with Crippen molar-refractivity contribution in [3.63, 3.8) is 0 Å². The molecule has 9 rings (SSSR count). The Kier molecular flexibility index (Phi) is 5.54. The highest BCUT2D eigenvalue weighted by Gasteiger charge is 2.35. The van der Waals surface area contributed by atoms with Gasteiger partial charge in [0.1, 0.15) is 0 Å². The van der Waals surface area contributed by atoms with Crippen LogP contribution in [-0.2, 0) is 0 Å². The fourth-order valence-corrected chi connectivity index (χ4v) is 7.54. The van der Waals surface area contributed by atoms with Gasteiger partial charge in [-0.1, -0.05) is 121 Å². The van der Waals surface area contributed by atoms with Crippen molar-refractivity contribution >= 4 is 83.9 Å². The second kappa shape index (κ2) is 9.75. The normalized spacial score (nSPS) is 12.6. The van der Waals surface area contributed by atoms with Gasteiger partial charge in [0.05, 0.1) is 5.69 Å². The number of rotatable bonds is 4. The lowest BCUT2D eigenvalue weighted by Gasteiger charge is -2.36. The minimum atomic E-state index is 0.146. The Bertz CT molecular complexity index is 2260. The van der Waals surface area contributed by atoms with Gasteiger partial charge in [0.25, 0.3) is 0 Å². The smallest absolute Gasteiger partial charge is 0.247 e. The largest absolute Gasteiger partial charge is 0.345 e. The number of hydrogen-bond acceptors (Lipinski definition) is 2. The highest BCUT2D eigenvalue weighted by atomic mass is 15.1. The zero-order valence-electron chi connectivity index (χ0n) is 24.5. The van der Waals surface area contributed by atoms with E-state index in [0.29, 0.717) is 0 Å². The molecule has 1 aliphatic heterocycles. The number of fused-ring (bicyclic) bond motifs is 3. The number of anilines is 5. The number of hydrogen-bond donors (Lipinski definition) is 0. The van der Waals surface area contributed by atoms with Gasteiger partial charge < -0.3 is 9.80 Å². The molecule has 0 saturated heterocycles. The SMILES string of the molecule is CN1c2ccccc2B(c2ccccc2)c2c1cc1ccc3c(N(c4ccccc4)c4ccccc4)ccc4ccc2c1c43. The van der Waals surface area contributed by atoms with E-state index in [1.165, 1.54) is 65.8 Å². The van der Waals surface area contributed by atoms with Gasteiger partial charge in [-0.2, -0.15) is 0 Å². The maximum Gasteiger partial charge on any atom is 0.247 e. The average Bonchev–Trinajstić information content (AvgIpc) is 3.09. The molecule has 0 aliphatic carbocycles. The summed E-state index contributed by atoms with van der Waals surface area (Å²) in [6.07, 6.45) is 0. The van der Waals surface area contributed by atoms with Crippen LogP contribution in [0.4, 0.5) is 28.4 Å². The first-order valence-corrected chi connectivity index (χ1v) is 15.3. The van der Waals surface area contributed by atoms with Crippen LogP contribution in [0.25, 0.3) is 32.3 Å². The first-order chi connectivity index (χ1) is 21.8. The first-order valence-electron chi connectivity index (χ1n) is 15.3. The summed E-state index contributed by atoms with van der Waals surface area (Å²) in [5, 5.41) is 7.80. The quantitative estimate of drug-likeness (QED) is 0.157. The van der Waals surface area contributed by atoms with Crippen molar-refractivity contribution in [2.24, 2.45) is 0 Å². The molecule has 0 bridgehead atoms. The number of benzene rings is 8. The van der Waals surface area contributed by atoms with Gasteiger partial charge in [0, 0.05) is 35.2 Å². The highest BCUT2D eigenvalue weighted by molar-refractivity contribution is 6.99. The zero-order chi connectivity index (χ0) is 29.2. The number of nitrogens with zero attached hydrogens (tertiary/aromatic N) is 2. The molecule has 0 fully saturated rings. The second-order valence-corrected chi connectivity index (χ2v) is 11.8. The fourth-order valence-electron chi connectivity index (χ4n) is 7.54. The highest BCUT2D eigenvalue weighted by Crippen LogP contribution is 2.44. The van der Waals surface area contributed by atoms with E-state index in [2.05, 4.69) is 175 Å². The van der Waals surface area contributed by atoms with Gasteiger partial charge in [-0.25, -0.2) is 0 Å². The lowest BCUT2D eigenvalue weighted by molar-refractivity contribution is 1.22. The lowest BCUT2D eigenvalue weighted by atomic mass is 9.34. The molecule has 44 heavy (non-hydrogen) atoms. The van der Waals surface area contributed by atoms with Crippen molar-refractivity contribution in [2.75, 3.05) is 16.8 Å². The summed E-state index contributed by atoms with van der Waals surface area (Å²) in [4.78, 5) is 4.77. The Balaban J connectivity index is 1.37. The second-order valence-electron chi connectivity index (χ2n) is 11.8. The first kappa shape index (κ1) is 25.0. The predicted octanol–water partition coefficient (Wildman–Crippen LogP) is 8.65. The van der Waals surface area contributed by atoms with Crippen molar-refractivity contribution < 1.29 is 0 Å². The van der Waals surface area contributed by atoms with Crippen molar-refractivity contribution in [3.05, 3.63) is 158 Å². The molecule has 206 valence electrons. The molecule has 8 aromatic carbocycles. The predicted molar refractivity (Wildman–Crippen MR) is 190 cm³/mol. The molecule has 0 aromatic heterocycles. The van der Waals surface area contributed by atoms with E-state index in [1.807, 2.05) is 0 Å². The molecule has 0 N–H and O–H groups in total. The van der Waals surface area contributed by atoms with Crippen LogP contribution < -0.4 is 26.2 Å². The number of para-hydroxylation sites is 3. The molecule has 3 heteroatoms. The van der Waals surface area contributed by atoms with Gasteiger partial charge in [-0.3, -0.25) is 0 Å². The Labute approximate surface area is 257 Å². The van der Waals surface area contributed by atoms with Crippen molar-refractivity contribution in [2.45, 2.75) is 0 Å². The Morgan fingerprint density at radius 2 is 1.07 bits per heavy atom. The zero-order valence-corrected chi connectivity index (χ0v) is 24.5. The van der Waals surface area contributed by atoms with E-state index < -0.39 is 0 Å². The molecule has 2 nitrogen and oxygen atoms in total. The summed E-state index contributed by atoms with van der Waals surface area (Å²) in [7, 11) is 2.21. The van der Waals surface area contributed by atoms with Crippen LogP contribution in [0.5, 0.6) is 0 Å². The fraction of sp³-hybridized carbons (Fsp3) is 0.0244. The maximum absolute atomic E-state index is 2.42. The monoisotopic (exact) mass is 560 g/mol. The van der Waals surface area contributed by atoms with E-state index in [4.69, 9.17) is 0 Å². The standard InChI is InChI=1S/C41H29BN2/c1-43-37-20-12-11-19-35(37)42(30-13-5-2-6-14-30)41-34-25-21-28-23-26-36(33-24-22-29(27-38(41)43)40(34)39(28)33)44(31-15-7-3-8-16-31)32-17-9-4-10-18-32/h2-27H,1H3. The van der Waals surface area contributed by atoms with Crippen LogP contribution in [-0.4, -0.2) is 13.8 Å². The minimum absolute atomic E-state index is 0.146. The average molecular weight is 561 g/mol. The van der Waals surface area contributed by atoms with Crippen LogP contribution in [0.1, 0.15) is 0 Å². The van der Waals surface area contributed by atoms with Gasteiger partial charge in [-0.05, 0) is 80.3 Å². The summed E-state index contributed by atoms with van der Waals surface area (Å²) in [6, 6.07) is 57.7. The molecule has 0 atom stereocenters. The molecule has 0 saturated carbocycles. The van der Waals surface area contributed by atoms with Crippen LogP contribution in [0.15, 0.2) is 158 Å². The van der Waals surface area contributed by atoms with E-state index in [-0.39, 0.29) is 6.71 Å². The molecule has 0 spiro atoms. The van der Waals surface area contributed by atoms with Crippen LogP contribution in [0, 0.1) is 0 Å². The van der Waals surface area contributed by atoms with Gasteiger partial charge >= 0.3 is 0 Å². The summed E-state index contributed by atoms with van der Waals surface area (Å²) in [5.74, 6) is 0. The van der Waals surface area contributed by atoms with Crippen molar-refractivity contribution in [1.29, 1.82) is 0 Å². The van der Waals surface area contributed by atoms with Crippen LogP contribution in [0.3, 0.4) is 0 Å². The summed E-state index contributed by atoms with van der Waals surface area (Å²) < 4.78 is 0. The van der Waals surface area contributed by atoms with E-state index >= 15 is 0 Å². The van der Waals surface area contributed by atoms with Gasteiger partial charge in [-0.15, -0.1) is 0 Å². The summed E-state index contributed by atoms with van der Waals surface area (Å²) in [5.41, 5.74) is 10.1. The molecular formula is C41H29BN2. The third-order valence-electron chi connectivity index (χ3n) is 9.44. The van der Waals surface area contributed by atoms with Crippen LogP contribution >= 0.6 is 0 Å². The third kappa shape index (κ3) is 3.63. The van der Waals surface area contributed by atoms with Crippen LogP contribution in [0.2, 0.25) is 0 Å². The van der Waals surface area contributed by atoms with E-state index in [9.17, 15) is 0 Å². The lowest BCUT2D eigenvalue weighted by Crippen LogP contribution is -2.57. The Hall–Kier alpha value is -5.54. The molecule has 1 heterocycles. The van der Waals surface area contributed by atoms with Crippen molar-refractivity contribution in [3.8, 4) is 0 Å². The van der Waals surface area contributed by atoms with E-state index in [0.717, 1.165) is 11.4 Å². The minimum Gasteiger partial charge on any atom is -0.345 e. The van der Waals surface area contributed by atoms with E-state index in [1.54, 1.807) is 0 Å². The third-order valence-corrected chi connectivity index (χ3v) is 9.44. The molecule has 0 unspecified atom stereocenters. The summed E-state index contributed by atoms with van der Waals surface area (Å²) >= 11 is 0. The molecule has 1 aliphatic rings. The topological polar surface area (TPSA) is 6.48 Å². The Morgan fingerprint density at radius 1 is 0.500 bits per heavy atom. The Morgan fingerprint density at radius 3 is 1.80 bits per heavy atom. The molecular weight excluding hydrogens is 531 g/mol. The summed E-state index contributed by atoms with van der Waals surface area (Å²) in [6.45, 7) is 0.146. The van der Waals surface area contributed by atoms with Crippen molar-refractivity contribution in [1.82, 2.24) is 0 Å². The van der Waals surface area contributed by atoms with Gasteiger partial charge in [0.2, 0.25) is 6.71 Å². The molecule has 8 aromatic rings. The molecule has 0 amide bonds. The van der Waals surface area contributed by atoms with Gasteiger partial charge in [0.15, 0.2) is 0 Å². The maximum atomic E-state index is 2.42.